The number of nitrogens with zero attached hydrogens (tertiary/aromatic N) is 1. The molecular formula is C14H9F2N3O. The summed E-state index contributed by atoms with van der Waals surface area (Å²) in [5, 5.41) is 9.51. The molecule has 0 saturated heterocycles. The van der Waals surface area contributed by atoms with Gasteiger partial charge >= 0.3 is 0 Å². The molecule has 20 heavy (non-hydrogen) atoms. The number of H-pyrrole nitrogens is 1. The van der Waals surface area contributed by atoms with Crippen LogP contribution in [0.5, 0.6) is 0 Å². The van der Waals surface area contributed by atoms with Crippen LogP contribution >= 0.6 is 0 Å². The largest absolute Gasteiger partial charge is 0.318 e. The smallest absolute Gasteiger partial charge is 0.276 e. The highest BCUT2D eigenvalue weighted by molar-refractivity contribution is 6.11. The number of nitrogens with one attached hydrogen (secondary N) is 2. The topological polar surface area (TPSA) is 57.8 Å². The number of carbonyl (C=O) groups excluding carboxylic acids is 1. The van der Waals surface area contributed by atoms with Gasteiger partial charge in [-0.15, -0.1) is 0 Å². The zero-order valence-electron chi connectivity index (χ0n) is 10.2. The summed E-state index contributed by atoms with van der Waals surface area (Å²) in [4.78, 5) is 12.1. The summed E-state index contributed by atoms with van der Waals surface area (Å²) in [6, 6.07) is 9.90. The van der Waals surface area contributed by atoms with E-state index in [1.165, 1.54) is 0 Å². The van der Waals surface area contributed by atoms with Gasteiger partial charge in [-0.2, -0.15) is 5.10 Å². The number of para-hydroxylation sites is 1. The molecule has 1 amide bonds. The van der Waals surface area contributed by atoms with Gasteiger partial charge in [0.25, 0.3) is 5.91 Å². The number of hydrogen-bond donors (Lipinski definition) is 2. The molecule has 0 fully saturated rings. The van der Waals surface area contributed by atoms with Crippen LogP contribution in [0, 0.1) is 11.6 Å². The first-order chi connectivity index (χ1) is 9.65. The molecule has 0 bridgehead atoms. The van der Waals surface area contributed by atoms with E-state index in [9.17, 15) is 13.6 Å². The van der Waals surface area contributed by atoms with Crippen molar-refractivity contribution >= 4 is 22.5 Å². The van der Waals surface area contributed by atoms with Gasteiger partial charge in [-0.1, -0.05) is 18.2 Å². The number of benzene rings is 2. The predicted molar refractivity (Wildman–Crippen MR) is 70.4 cm³/mol. The molecule has 1 aromatic heterocycles. The Morgan fingerprint density at radius 3 is 2.80 bits per heavy atom. The molecule has 0 unspecified atom stereocenters. The second-order valence-corrected chi connectivity index (χ2v) is 4.20. The van der Waals surface area contributed by atoms with Crippen LogP contribution in [0.3, 0.4) is 0 Å². The summed E-state index contributed by atoms with van der Waals surface area (Å²) in [6.45, 7) is 0. The quantitative estimate of drug-likeness (QED) is 0.753. The first-order valence-corrected chi connectivity index (χ1v) is 5.84. The van der Waals surface area contributed by atoms with Gasteiger partial charge in [-0.3, -0.25) is 9.89 Å². The molecule has 1 heterocycles. The summed E-state index contributed by atoms with van der Waals surface area (Å²) < 4.78 is 26.5. The van der Waals surface area contributed by atoms with Gasteiger partial charge < -0.3 is 5.32 Å². The van der Waals surface area contributed by atoms with E-state index in [4.69, 9.17) is 0 Å². The zero-order valence-corrected chi connectivity index (χ0v) is 10.2. The standard InChI is InChI=1S/C14H9F2N3O/c15-8-5-6-10(16)12(7-8)17-14(20)13-9-3-1-2-4-11(9)18-19-13/h1-7H,(H,17,20)(H,18,19). The van der Waals surface area contributed by atoms with E-state index in [0.717, 1.165) is 18.2 Å². The fraction of sp³-hybridized carbons (Fsp3) is 0. The SMILES string of the molecule is O=C(Nc1cc(F)ccc1F)c1n[nH]c2ccccc12. The Morgan fingerprint density at radius 2 is 1.95 bits per heavy atom. The molecule has 2 N–H and O–H groups in total. The Morgan fingerprint density at radius 1 is 1.15 bits per heavy atom. The maximum absolute atomic E-state index is 13.5. The molecule has 0 saturated carbocycles. The number of hydrogen-bond acceptors (Lipinski definition) is 2. The Balaban J connectivity index is 1.95. The number of carbonyl (C=O) groups is 1. The van der Waals surface area contributed by atoms with Crippen LogP contribution < -0.4 is 5.32 Å². The lowest BCUT2D eigenvalue weighted by atomic mass is 10.2. The minimum atomic E-state index is -0.709. The highest BCUT2D eigenvalue weighted by Crippen LogP contribution is 2.19. The van der Waals surface area contributed by atoms with E-state index < -0.39 is 17.5 Å². The predicted octanol–water partition coefficient (Wildman–Crippen LogP) is 3.09. The molecule has 0 aliphatic rings. The Kier molecular flexibility index (Phi) is 2.90. The van der Waals surface area contributed by atoms with Crippen molar-refractivity contribution in [3.05, 3.63) is 59.8 Å². The van der Waals surface area contributed by atoms with Crippen LogP contribution in [-0.2, 0) is 0 Å². The summed E-state index contributed by atoms with van der Waals surface area (Å²) in [7, 11) is 0. The Bertz CT molecular complexity index is 798. The second kappa shape index (κ2) is 4.73. The van der Waals surface area contributed by atoms with E-state index >= 15 is 0 Å². The average Bonchev–Trinajstić information content (AvgIpc) is 2.87. The molecule has 3 rings (SSSR count). The van der Waals surface area contributed by atoms with Gasteiger partial charge in [-0.05, 0) is 18.2 Å². The van der Waals surface area contributed by atoms with Gasteiger partial charge in [-0.25, -0.2) is 8.78 Å². The third-order valence-electron chi connectivity index (χ3n) is 2.86. The fourth-order valence-corrected chi connectivity index (χ4v) is 1.91. The van der Waals surface area contributed by atoms with Crippen LogP contribution in [-0.4, -0.2) is 16.1 Å². The molecule has 2 aromatic carbocycles. The van der Waals surface area contributed by atoms with Crippen LogP contribution in [0.1, 0.15) is 10.5 Å². The number of aromatic amines is 1. The van der Waals surface area contributed by atoms with Crippen molar-refractivity contribution in [2.45, 2.75) is 0 Å². The van der Waals surface area contributed by atoms with Crippen LogP contribution in [0.15, 0.2) is 42.5 Å². The molecule has 100 valence electrons. The van der Waals surface area contributed by atoms with E-state index in [1.54, 1.807) is 24.3 Å². The molecule has 0 radical (unpaired) electrons. The molecule has 4 nitrogen and oxygen atoms in total. The molecule has 6 heteroatoms. The first kappa shape index (κ1) is 12.3. The summed E-state index contributed by atoms with van der Waals surface area (Å²) in [5.74, 6) is -1.94. The van der Waals surface area contributed by atoms with Gasteiger partial charge in [0.1, 0.15) is 11.6 Å². The maximum Gasteiger partial charge on any atom is 0.276 e. The lowest BCUT2D eigenvalue weighted by Gasteiger charge is -2.05. The number of aromatic nitrogens is 2. The minimum Gasteiger partial charge on any atom is -0.318 e. The number of halogens is 2. The zero-order chi connectivity index (χ0) is 14.1. The molecule has 0 aliphatic heterocycles. The lowest BCUT2D eigenvalue weighted by molar-refractivity contribution is 0.102. The highest BCUT2D eigenvalue weighted by atomic mass is 19.1. The summed E-state index contributed by atoms with van der Waals surface area (Å²) in [5.41, 5.74) is 0.601. The molecule has 0 spiro atoms. The van der Waals surface area contributed by atoms with Gasteiger partial charge in [0.15, 0.2) is 5.69 Å². The third-order valence-corrected chi connectivity index (χ3v) is 2.86. The van der Waals surface area contributed by atoms with Crippen molar-refractivity contribution in [1.29, 1.82) is 0 Å². The number of anilines is 1. The van der Waals surface area contributed by atoms with Crippen LogP contribution in [0.4, 0.5) is 14.5 Å². The van der Waals surface area contributed by atoms with Crippen molar-refractivity contribution in [1.82, 2.24) is 10.2 Å². The third kappa shape index (κ3) is 2.11. The van der Waals surface area contributed by atoms with Gasteiger partial charge in [0, 0.05) is 11.5 Å². The van der Waals surface area contributed by atoms with Crippen molar-refractivity contribution in [3.63, 3.8) is 0 Å². The number of amides is 1. The van der Waals surface area contributed by atoms with Crippen molar-refractivity contribution in [2.24, 2.45) is 0 Å². The van der Waals surface area contributed by atoms with E-state index in [0.29, 0.717) is 10.9 Å². The molecule has 0 aliphatic carbocycles. The fourth-order valence-electron chi connectivity index (χ4n) is 1.91. The molecule has 3 aromatic rings. The Hall–Kier alpha value is -2.76. The highest BCUT2D eigenvalue weighted by Gasteiger charge is 2.15. The first-order valence-electron chi connectivity index (χ1n) is 5.84. The monoisotopic (exact) mass is 273 g/mol. The van der Waals surface area contributed by atoms with E-state index in [2.05, 4.69) is 15.5 Å². The van der Waals surface area contributed by atoms with Crippen LogP contribution in [0.25, 0.3) is 10.9 Å². The van der Waals surface area contributed by atoms with Gasteiger partial charge in [0.05, 0.1) is 11.2 Å². The number of fused-ring (bicyclic) bond motifs is 1. The maximum atomic E-state index is 13.5. The van der Waals surface area contributed by atoms with E-state index in [-0.39, 0.29) is 11.4 Å². The second-order valence-electron chi connectivity index (χ2n) is 4.20. The molecular weight excluding hydrogens is 264 g/mol. The molecule has 0 atom stereocenters. The normalized spacial score (nSPS) is 10.7. The van der Waals surface area contributed by atoms with Crippen molar-refractivity contribution < 1.29 is 13.6 Å². The summed E-state index contributed by atoms with van der Waals surface area (Å²) >= 11 is 0. The Labute approximate surface area is 112 Å². The van der Waals surface area contributed by atoms with Crippen molar-refractivity contribution in [2.75, 3.05) is 5.32 Å². The van der Waals surface area contributed by atoms with Crippen LogP contribution in [0.2, 0.25) is 0 Å². The van der Waals surface area contributed by atoms with Gasteiger partial charge in [0.2, 0.25) is 0 Å². The summed E-state index contributed by atoms with van der Waals surface area (Å²) in [6.07, 6.45) is 0. The van der Waals surface area contributed by atoms with Crippen molar-refractivity contribution in [3.8, 4) is 0 Å². The lowest BCUT2D eigenvalue weighted by Crippen LogP contribution is -2.14. The average molecular weight is 273 g/mol. The number of rotatable bonds is 2. The van der Waals surface area contributed by atoms with E-state index in [1.807, 2.05) is 0 Å². The minimum absolute atomic E-state index is 0.129.